The van der Waals surface area contributed by atoms with E-state index in [1.54, 1.807) is 6.08 Å². The summed E-state index contributed by atoms with van der Waals surface area (Å²) in [5.74, 6) is -0.464. The average Bonchev–Trinajstić information content (AvgIpc) is 2.36. The number of allylic oxidation sites excluding steroid dienone is 2. The van der Waals surface area contributed by atoms with Gasteiger partial charge in [0.05, 0.1) is 12.2 Å². The predicted molar refractivity (Wildman–Crippen MR) is 81.2 cm³/mol. The van der Waals surface area contributed by atoms with Gasteiger partial charge in [-0.1, -0.05) is 38.4 Å². The zero-order valence-corrected chi connectivity index (χ0v) is 13.9. The Hall–Kier alpha value is -0.953. The van der Waals surface area contributed by atoms with Gasteiger partial charge in [0.1, 0.15) is 6.79 Å². The van der Waals surface area contributed by atoms with Crippen LogP contribution in [-0.2, 0) is 23.7 Å². The number of hydrogen-bond donors (Lipinski definition) is 0. The molecule has 0 N–H and O–H groups in total. The van der Waals surface area contributed by atoms with Crippen molar-refractivity contribution in [2.24, 2.45) is 0 Å². The summed E-state index contributed by atoms with van der Waals surface area (Å²) in [4.78, 5) is 11.8. The number of carbonyl (C=O) groups excluding carboxylic acids is 1. The highest BCUT2D eigenvalue weighted by Gasteiger charge is 2.13. The van der Waals surface area contributed by atoms with E-state index in [2.05, 4.69) is 26.2 Å². The monoisotopic (exact) mass is 302 g/mol. The first-order valence-electron chi connectivity index (χ1n) is 6.54. The Morgan fingerprint density at radius 3 is 2.45 bits per heavy atom. The molecule has 0 heterocycles. The number of hydrogen-bond acceptors (Lipinski definition) is 5. The summed E-state index contributed by atoms with van der Waals surface area (Å²) in [6.45, 7) is 11.2. The first-order valence-corrected chi connectivity index (χ1v) is 10.2. The molecule has 0 spiro atoms. The maximum absolute atomic E-state index is 11.8. The van der Waals surface area contributed by atoms with Gasteiger partial charge in [0, 0.05) is 21.8 Å². The van der Waals surface area contributed by atoms with E-state index >= 15 is 0 Å². The molecule has 0 amide bonds. The highest BCUT2D eigenvalue weighted by Crippen LogP contribution is 2.07. The third kappa shape index (κ3) is 10.9. The second-order valence-electron chi connectivity index (χ2n) is 5.45. The van der Waals surface area contributed by atoms with Crippen molar-refractivity contribution in [3.8, 4) is 0 Å². The van der Waals surface area contributed by atoms with Crippen molar-refractivity contribution >= 4 is 14.0 Å². The van der Waals surface area contributed by atoms with Gasteiger partial charge in [0.25, 0.3) is 0 Å². The molecule has 0 aliphatic carbocycles. The first kappa shape index (κ1) is 19.0. The molecule has 5 nitrogen and oxygen atoms in total. The van der Waals surface area contributed by atoms with Crippen LogP contribution in [0.2, 0.25) is 25.7 Å². The fourth-order valence-corrected chi connectivity index (χ4v) is 1.93. The second kappa shape index (κ2) is 10.8. The van der Waals surface area contributed by atoms with Crippen LogP contribution in [0.25, 0.3) is 0 Å². The summed E-state index contributed by atoms with van der Waals surface area (Å²) in [7, 11) is 0.401. The van der Waals surface area contributed by atoms with Crippen molar-refractivity contribution in [2.75, 3.05) is 33.9 Å². The van der Waals surface area contributed by atoms with E-state index in [0.29, 0.717) is 12.2 Å². The maximum Gasteiger partial charge on any atom is 0.338 e. The fourth-order valence-electron chi connectivity index (χ4n) is 1.18. The summed E-state index contributed by atoms with van der Waals surface area (Å²) < 4.78 is 20.2. The van der Waals surface area contributed by atoms with Crippen LogP contribution in [0.3, 0.4) is 0 Å². The number of ether oxygens (including phenoxy) is 4. The Labute approximate surface area is 122 Å². The summed E-state index contributed by atoms with van der Waals surface area (Å²) >= 11 is 0. The van der Waals surface area contributed by atoms with Gasteiger partial charge in [-0.3, -0.25) is 0 Å². The van der Waals surface area contributed by atoms with E-state index in [1.807, 2.05) is 0 Å². The van der Waals surface area contributed by atoms with Crippen molar-refractivity contribution in [1.82, 2.24) is 0 Å². The minimum atomic E-state index is -1.11. The van der Waals surface area contributed by atoms with E-state index in [4.69, 9.17) is 18.9 Å². The molecule has 0 aromatic heterocycles. The van der Waals surface area contributed by atoms with E-state index in [0.717, 1.165) is 6.04 Å². The van der Waals surface area contributed by atoms with E-state index in [-0.39, 0.29) is 20.2 Å². The van der Waals surface area contributed by atoms with Crippen molar-refractivity contribution in [3.63, 3.8) is 0 Å². The largest absolute Gasteiger partial charge is 0.435 e. The molecule has 6 heteroatoms. The molecule has 0 atom stereocenters. The third-order valence-corrected chi connectivity index (χ3v) is 4.01. The van der Waals surface area contributed by atoms with Crippen LogP contribution in [0.1, 0.15) is 0 Å². The van der Waals surface area contributed by atoms with Gasteiger partial charge in [-0.15, -0.1) is 0 Å². The molecule has 0 aromatic rings. The van der Waals surface area contributed by atoms with Gasteiger partial charge in [0.15, 0.2) is 6.79 Å². The lowest BCUT2D eigenvalue weighted by molar-refractivity contribution is -0.152. The molecule has 0 saturated heterocycles. The molecule has 0 fully saturated rings. The van der Waals surface area contributed by atoms with Crippen LogP contribution in [0.15, 0.2) is 24.3 Å². The van der Waals surface area contributed by atoms with E-state index in [9.17, 15) is 4.79 Å². The SMILES string of the molecule is C=C/C=C(\COCOC)C(=O)OCOCC[Si](C)(C)C. The van der Waals surface area contributed by atoms with Crippen molar-refractivity contribution < 1.29 is 23.7 Å². The van der Waals surface area contributed by atoms with Crippen LogP contribution in [0, 0.1) is 0 Å². The zero-order chi connectivity index (χ0) is 15.4. The minimum absolute atomic E-state index is 0.0396. The maximum atomic E-state index is 11.8. The smallest absolute Gasteiger partial charge is 0.338 e. The predicted octanol–water partition coefficient (Wildman–Crippen LogP) is 2.57. The normalized spacial score (nSPS) is 12.3. The van der Waals surface area contributed by atoms with Crippen LogP contribution >= 0.6 is 0 Å². The average molecular weight is 302 g/mol. The summed E-state index contributed by atoms with van der Waals surface area (Å²) in [5, 5.41) is 0. The molecule has 0 aliphatic rings. The molecule has 116 valence electrons. The van der Waals surface area contributed by atoms with Crippen molar-refractivity contribution in [1.29, 1.82) is 0 Å². The van der Waals surface area contributed by atoms with E-state index < -0.39 is 14.0 Å². The lowest BCUT2D eigenvalue weighted by atomic mass is 10.2. The molecule has 0 bridgehead atoms. The summed E-state index contributed by atoms with van der Waals surface area (Å²) in [6.07, 6.45) is 3.07. The van der Waals surface area contributed by atoms with Gasteiger partial charge in [-0.2, -0.15) is 0 Å². The van der Waals surface area contributed by atoms with Gasteiger partial charge in [-0.25, -0.2) is 4.79 Å². The van der Waals surface area contributed by atoms with Crippen LogP contribution in [0.4, 0.5) is 0 Å². The standard InChI is InChI=1S/C14H26O5Si/c1-6-7-13(10-18-11-16-2)14(15)19-12-17-8-9-20(3,4)5/h6-7H,1,8-12H2,2-5H3/b13-7+. The first-order chi connectivity index (χ1) is 9.40. The molecule has 0 saturated carbocycles. The Morgan fingerprint density at radius 2 is 1.90 bits per heavy atom. The van der Waals surface area contributed by atoms with Crippen molar-refractivity contribution in [2.45, 2.75) is 25.7 Å². The number of carbonyl (C=O) groups is 1. The van der Waals surface area contributed by atoms with Crippen LogP contribution < -0.4 is 0 Å². The van der Waals surface area contributed by atoms with Gasteiger partial charge >= 0.3 is 5.97 Å². The molecule has 0 rings (SSSR count). The Kier molecular flexibility index (Phi) is 10.3. The Morgan fingerprint density at radius 1 is 1.20 bits per heavy atom. The quantitative estimate of drug-likeness (QED) is 0.147. The Balaban J connectivity index is 3.96. The lowest BCUT2D eigenvalue weighted by Gasteiger charge is -2.15. The molecule has 0 radical (unpaired) electrons. The van der Waals surface area contributed by atoms with Gasteiger partial charge in [0.2, 0.25) is 0 Å². The number of esters is 1. The van der Waals surface area contributed by atoms with Crippen LogP contribution in [-0.4, -0.2) is 48.0 Å². The molecule has 0 aromatic carbocycles. The molecular formula is C14H26O5Si. The molecule has 0 unspecified atom stereocenters. The number of rotatable bonds is 11. The van der Waals surface area contributed by atoms with Crippen molar-refractivity contribution in [3.05, 3.63) is 24.3 Å². The van der Waals surface area contributed by atoms with E-state index in [1.165, 1.54) is 13.2 Å². The summed E-state index contributed by atoms with van der Waals surface area (Å²) in [6, 6.07) is 1.04. The fraction of sp³-hybridized carbons (Fsp3) is 0.643. The second-order valence-corrected chi connectivity index (χ2v) is 11.1. The lowest BCUT2D eigenvalue weighted by Crippen LogP contribution is -2.22. The molecular weight excluding hydrogens is 276 g/mol. The number of methoxy groups -OCH3 is 1. The topological polar surface area (TPSA) is 54.0 Å². The Bertz CT molecular complexity index is 320. The van der Waals surface area contributed by atoms with Gasteiger partial charge in [-0.05, 0) is 6.04 Å². The molecule has 0 aliphatic heterocycles. The zero-order valence-electron chi connectivity index (χ0n) is 12.9. The van der Waals surface area contributed by atoms with Crippen LogP contribution in [0.5, 0.6) is 0 Å². The highest BCUT2D eigenvalue weighted by atomic mass is 28.3. The minimum Gasteiger partial charge on any atom is -0.435 e. The molecule has 20 heavy (non-hydrogen) atoms. The third-order valence-electron chi connectivity index (χ3n) is 2.31. The van der Waals surface area contributed by atoms with Gasteiger partial charge < -0.3 is 18.9 Å². The summed E-state index contributed by atoms with van der Waals surface area (Å²) in [5.41, 5.74) is 0.380. The highest BCUT2D eigenvalue weighted by molar-refractivity contribution is 6.76.